The van der Waals surface area contributed by atoms with E-state index in [-0.39, 0.29) is 0 Å². The first-order valence-electron chi connectivity index (χ1n) is 5.89. The van der Waals surface area contributed by atoms with Crippen molar-refractivity contribution in [2.24, 2.45) is 5.41 Å². The Labute approximate surface area is 101 Å². The molecule has 15 heavy (non-hydrogen) atoms. The van der Waals surface area contributed by atoms with E-state index in [0.717, 1.165) is 18.8 Å². The Bertz CT molecular complexity index is 158. The van der Waals surface area contributed by atoms with Crippen LogP contribution in [-0.2, 0) is 0 Å². The fraction of sp³-hybridized carbons (Fsp3) is 1.00. The zero-order chi connectivity index (χ0) is 11.9. The largest absolute Gasteiger partial charge is 0.309 e. The molecule has 3 heteroatoms. The average molecular weight is 232 g/mol. The van der Waals surface area contributed by atoms with Crippen LogP contribution in [0.4, 0.5) is 0 Å². The SMILES string of the molecule is CCN(CCCN(C)C)CC(C)(C)CS. The summed E-state index contributed by atoms with van der Waals surface area (Å²) in [6.07, 6.45) is 1.25. The van der Waals surface area contributed by atoms with Gasteiger partial charge in [-0.1, -0.05) is 20.8 Å². The molecule has 0 aromatic carbocycles. The highest BCUT2D eigenvalue weighted by Crippen LogP contribution is 2.18. The molecular weight excluding hydrogens is 204 g/mol. The molecule has 0 aliphatic carbocycles. The van der Waals surface area contributed by atoms with Crippen molar-refractivity contribution in [1.29, 1.82) is 0 Å². The summed E-state index contributed by atoms with van der Waals surface area (Å²) in [5, 5.41) is 0. The van der Waals surface area contributed by atoms with Crippen molar-refractivity contribution in [2.75, 3.05) is 46.0 Å². The fourth-order valence-electron chi connectivity index (χ4n) is 1.61. The molecule has 0 aliphatic heterocycles. The van der Waals surface area contributed by atoms with Gasteiger partial charge in [0.05, 0.1) is 0 Å². The molecule has 0 aromatic heterocycles. The summed E-state index contributed by atoms with van der Waals surface area (Å²) >= 11 is 4.40. The highest BCUT2D eigenvalue weighted by molar-refractivity contribution is 7.80. The minimum absolute atomic E-state index is 0.331. The van der Waals surface area contributed by atoms with Gasteiger partial charge < -0.3 is 9.80 Å². The molecule has 2 nitrogen and oxygen atoms in total. The van der Waals surface area contributed by atoms with E-state index in [0.29, 0.717) is 5.41 Å². The van der Waals surface area contributed by atoms with Crippen molar-refractivity contribution in [3.05, 3.63) is 0 Å². The zero-order valence-corrected chi connectivity index (χ0v) is 12.0. The molecule has 0 aliphatic rings. The van der Waals surface area contributed by atoms with Gasteiger partial charge in [0, 0.05) is 6.54 Å². The number of rotatable bonds is 8. The second-order valence-electron chi connectivity index (χ2n) is 5.35. The van der Waals surface area contributed by atoms with Crippen LogP contribution in [0.25, 0.3) is 0 Å². The average Bonchev–Trinajstić information content (AvgIpc) is 2.15. The van der Waals surface area contributed by atoms with Crippen molar-refractivity contribution in [3.8, 4) is 0 Å². The van der Waals surface area contributed by atoms with E-state index in [4.69, 9.17) is 0 Å². The van der Waals surface area contributed by atoms with Crippen molar-refractivity contribution >= 4 is 12.6 Å². The Morgan fingerprint density at radius 3 is 2.13 bits per heavy atom. The third kappa shape index (κ3) is 8.12. The second-order valence-corrected chi connectivity index (χ2v) is 5.66. The van der Waals surface area contributed by atoms with E-state index in [9.17, 15) is 0 Å². The lowest BCUT2D eigenvalue weighted by Crippen LogP contribution is -2.36. The van der Waals surface area contributed by atoms with Crippen LogP contribution in [-0.4, -0.2) is 55.8 Å². The first kappa shape index (κ1) is 15.3. The Morgan fingerprint density at radius 2 is 1.73 bits per heavy atom. The van der Waals surface area contributed by atoms with E-state index in [1.54, 1.807) is 0 Å². The summed E-state index contributed by atoms with van der Waals surface area (Å²) in [6.45, 7) is 11.5. The summed E-state index contributed by atoms with van der Waals surface area (Å²) in [6, 6.07) is 0. The van der Waals surface area contributed by atoms with Crippen LogP contribution in [0.1, 0.15) is 27.2 Å². The maximum Gasteiger partial charge on any atom is 0.00404 e. The number of hydrogen-bond donors (Lipinski definition) is 1. The highest BCUT2D eigenvalue weighted by atomic mass is 32.1. The molecule has 0 fully saturated rings. The topological polar surface area (TPSA) is 6.48 Å². The summed E-state index contributed by atoms with van der Waals surface area (Å²) < 4.78 is 0. The molecule has 0 radical (unpaired) electrons. The van der Waals surface area contributed by atoms with E-state index < -0.39 is 0 Å². The van der Waals surface area contributed by atoms with Crippen LogP contribution >= 0.6 is 12.6 Å². The molecular formula is C12H28N2S. The van der Waals surface area contributed by atoms with Crippen LogP contribution in [0.5, 0.6) is 0 Å². The fourth-order valence-corrected chi connectivity index (χ4v) is 1.71. The van der Waals surface area contributed by atoms with Gasteiger partial charge in [-0.15, -0.1) is 0 Å². The first-order chi connectivity index (χ1) is 6.91. The maximum atomic E-state index is 4.40. The van der Waals surface area contributed by atoms with E-state index >= 15 is 0 Å². The molecule has 0 unspecified atom stereocenters. The van der Waals surface area contributed by atoms with Gasteiger partial charge in [0.15, 0.2) is 0 Å². The molecule has 0 rings (SSSR count). The molecule has 0 amide bonds. The van der Waals surface area contributed by atoms with E-state index in [1.165, 1.54) is 19.5 Å². The van der Waals surface area contributed by atoms with Crippen molar-refractivity contribution in [1.82, 2.24) is 9.80 Å². The van der Waals surface area contributed by atoms with Gasteiger partial charge >= 0.3 is 0 Å². The molecule has 0 atom stereocenters. The van der Waals surface area contributed by atoms with Gasteiger partial charge in [-0.2, -0.15) is 12.6 Å². The second kappa shape index (κ2) is 7.53. The van der Waals surface area contributed by atoms with Gasteiger partial charge in [-0.25, -0.2) is 0 Å². The quantitative estimate of drug-likeness (QED) is 0.641. The third-order valence-corrected chi connectivity index (χ3v) is 3.46. The van der Waals surface area contributed by atoms with Crippen LogP contribution in [0.15, 0.2) is 0 Å². The molecule has 0 bridgehead atoms. The lowest BCUT2D eigenvalue weighted by Gasteiger charge is -2.31. The Kier molecular flexibility index (Phi) is 7.66. The van der Waals surface area contributed by atoms with Gasteiger partial charge in [-0.05, 0) is 51.3 Å². The smallest absolute Gasteiger partial charge is 0.00404 e. The summed E-state index contributed by atoms with van der Waals surface area (Å²) in [5.41, 5.74) is 0.331. The van der Waals surface area contributed by atoms with E-state index in [2.05, 4.69) is 57.3 Å². The summed E-state index contributed by atoms with van der Waals surface area (Å²) in [7, 11) is 4.27. The van der Waals surface area contributed by atoms with E-state index in [1.807, 2.05) is 0 Å². The Hall–Kier alpha value is 0.270. The molecule has 0 saturated heterocycles. The lowest BCUT2D eigenvalue weighted by molar-refractivity contribution is 0.195. The molecule has 0 heterocycles. The lowest BCUT2D eigenvalue weighted by atomic mass is 9.95. The molecule has 92 valence electrons. The van der Waals surface area contributed by atoms with Gasteiger partial charge in [0.25, 0.3) is 0 Å². The summed E-state index contributed by atoms with van der Waals surface area (Å²) in [4.78, 5) is 4.78. The standard InChI is InChI=1S/C12H28N2S/c1-6-14(9-7-8-13(4)5)10-12(2,3)11-15/h15H,6-11H2,1-5H3. The Morgan fingerprint density at radius 1 is 1.13 bits per heavy atom. The minimum atomic E-state index is 0.331. The number of thiol groups is 1. The van der Waals surface area contributed by atoms with Crippen molar-refractivity contribution in [2.45, 2.75) is 27.2 Å². The maximum absolute atomic E-state index is 4.40. The minimum Gasteiger partial charge on any atom is -0.309 e. The molecule has 0 N–H and O–H groups in total. The number of nitrogens with zero attached hydrogens (tertiary/aromatic N) is 2. The highest BCUT2D eigenvalue weighted by Gasteiger charge is 2.18. The van der Waals surface area contributed by atoms with Crippen molar-refractivity contribution in [3.63, 3.8) is 0 Å². The van der Waals surface area contributed by atoms with Crippen LogP contribution in [0, 0.1) is 5.41 Å². The molecule has 0 saturated carbocycles. The molecule has 0 aromatic rings. The predicted octanol–water partition coefficient (Wildman–Crippen LogP) is 2.22. The van der Waals surface area contributed by atoms with Gasteiger partial charge in [-0.3, -0.25) is 0 Å². The van der Waals surface area contributed by atoms with Crippen LogP contribution in [0.3, 0.4) is 0 Å². The zero-order valence-electron chi connectivity index (χ0n) is 11.1. The van der Waals surface area contributed by atoms with Crippen LogP contribution in [0.2, 0.25) is 0 Å². The first-order valence-corrected chi connectivity index (χ1v) is 6.52. The number of hydrogen-bond acceptors (Lipinski definition) is 3. The predicted molar refractivity (Wildman–Crippen MR) is 72.9 cm³/mol. The van der Waals surface area contributed by atoms with Gasteiger partial charge in [0.2, 0.25) is 0 Å². The van der Waals surface area contributed by atoms with Crippen LogP contribution < -0.4 is 0 Å². The van der Waals surface area contributed by atoms with Gasteiger partial charge in [0.1, 0.15) is 0 Å². The monoisotopic (exact) mass is 232 g/mol. The molecule has 0 spiro atoms. The third-order valence-electron chi connectivity index (χ3n) is 2.61. The normalized spacial score (nSPS) is 12.8. The Balaban J connectivity index is 3.82. The van der Waals surface area contributed by atoms with Crippen molar-refractivity contribution < 1.29 is 0 Å². The summed E-state index contributed by atoms with van der Waals surface area (Å²) in [5.74, 6) is 0.956.